The third kappa shape index (κ3) is 3.85. The fourth-order valence-electron chi connectivity index (χ4n) is 2.22. The molecule has 0 aliphatic heterocycles. The van der Waals surface area contributed by atoms with E-state index in [9.17, 15) is 18.0 Å². The zero-order valence-corrected chi connectivity index (χ0v) is 13.6. The van der Waals surface area contributed by atoms with Crippen molar-refractivity contribution in [1.82, 2.24) is 0 Å². The van der Waals surface area contributed by atoms with Gasteiger partial charge in [-0.3, -0.25) is 4.79 Å². The van der Waals surface area contributed by atoms with Crippen molar-refractivity contribution in [3.63, 3.8) is 0 Å². The van der Waals surface area contributed by atoms with Crippen molar-refractivity contribution in [2.45, 2.75) is 26.9 Å². The average Bonchev–Trinajstić information content (AvgIpc) is 2.43. The van der Waals surface area contributed by atoms with Crippen LogP contribution in [0.5, 0.6) is 0 Å². The van der Waals surface area contributed by atoms with Crippen molar-refractivity contribution in [3.8, 4) is 0 Å². The molecule has 0 aromatic heterocycles. The van der Waals surface area contributed by atoms with Gasteiger partial charge in [-0.25, -0.2) is 0 Å². The van der Waals surface area contributed by atoms with Gasteiger partial charge in [0.2, 0.25) is 0 Å². The lowest BCUT2D eigenvalue weighted by Crippen LogP contribution is -2.15. The summed E-state index contributed by atoms with van der Waals surface area (Å²) in [6, 6.07) is 6.88. The molecular weight excluding hydrogens is 327 g/mol. The molecule has 0 aliphatic rings. The molecule has 0 fully saturated rings. The van der Waals surface area contributed by atoms with Crippen molar-refractivity contribution >= 4 is 23.2 Å². The van der Waals surface area contributed by atoms with Gasteiger partial charge in [-0.15, -0.1) is 0 Å². The summed E-state index contributed by atoms with van der Waals surface area (Å²) in [6.45, 7) is 5.58. The van der Waals surface area contributed by atoms with Crippen LogP contribution in [-0.2, 0) is 6.18 Å². The highest BCUT2D eigenvalue weighted by atomic mass is 35.5. The molecule has 2 aromatic carbocycles. The number of carbonyl (C=O) groups excluding carboxylic acids is 1. The molecule has 122 valence electrons. The van der Waals surface area contributed by atoms with Crippen molar-refractivity contribution < 1.29 is 18.0 Å². The molecule has 0 saturated heterocycles. The topological polar surface area (TPSA) is 29.1 Å². The van der Waals surface area contributed by atoms with Crippen molar-refractivity contribution in [2.24, 2.45) is 0 Å². The van der Waals surface area contributed by atoms with Gasteiger partial charge in [-0.05, 0) is 61.7 Å². The first-order chi connectivity index (χ1) is 10.6. The lowest BCUT2D eigenvalue weighted by Gasteiger charge is -2.13. The summed E-state index contributed by atoms with van der Waals surface area (Å²) in [7, 11) is 0. The van der Waals surface area contributed by atoms with E-state index >= 15 is 0 Å². The third-order valence-electron chi connectivity index (χ3n) is 3.61. The molecule has 2 nitrogen and oxygen atoms in total. The fourth-order valence-corrected chi connectivity index (χ4v) is 2.45. The maximum atomic E-state index is 12.9. The number of hydrogen-bond acceptors (Lipinski definition) is 1. The van der Waals surface area contributed by atoms with Crippen molar-refractivity contribution in [2.75, 3.05) is 5.32 Å². The second-order valence-electron chi connectivity index (χ2n) is 5.40. The number of anilines is 1. The first kappa shape index (κ1) is 17.3. The zero-order chi connectivity index (χ0) is 17.4. The van der Waals surface area contributed by atoms with E-state index in [4.69, 9.17) is 11.6 Å². The van der Waals surface area contributed by atoms with Crippen LogP contribution in [0.4, 0.5) is 18.9 Å². The number of alkyl halides is 3. The van der Waals surface area contributed by atoms with Gasteiger partial charge in [0.25, 0.3) is 5.91 Å². The molecule has 1 N–H and O–H groups in total. The Morgan fingerprint density at radius 3 is 2.22 bits per heavy atom. The van der Waals surface area contributed by atoms with Crippen LogP contribution in [0.3, 0.4) is 0 Å². The summed E-state index contributed by atoms with van der Waals surface area (Å²) < 4.78 is 38.6. The highest BCUT2D eigenvalue weighted by molar-refractivity contribution is 6.31. The molecule has 0 atom stereocenters. The summed E-state index contributed by atoms with van der Waals surface area (Å²) in [5.41, 5.74) is 2.24. The Labute approximate surface area is 137 Å². The standard InChI is InChI=1S/C17H15ClF3NO/c1-9-6-11(3)13(7-10(9)2)16(23)22-12-4-5-15(18)14(8-12)17(19,20)21/h4-8H,1-3H3,(H,22,23). The Morgan fingerprint density at radius 2 is 1.61 bits per heavy atom. The minimum atomic E-state index is -4.58. The van der Waals surface area contributed by atoms with E-state index < -0.39 is 22.7 Å². The van der Waals surface area contributed by atoms with Gasteiger partial charge in [0, 0.05) is 11.3 Å². The predicted octanol–water partition coefficient (Wildman–Crippen LogP) is 5.54. The van der Waals surface area contributed by atoms with Gasteiger partial charge < -0.3 is 5.32 Å². The van der Waals surface area contributed by atoms with E-state index in [0.717, 1.165) is 28.8 Å². The first-order valence-electron chi connectivity index (χ1n) is 6.85. The lowest BCUT2D eigenvalue weighted by molar-refractivity contribution is -0.137. The molecule has 0 bridgehead atoms. The van der Waals surface area contributed by atoms with E-state index in [0.29, 0.717) is 5.56 Å². The molecule has 0 radical (unpaired) electrons. The van der Waals surface area contributed by atoms with Crippen LogP contribution in [0.15, 0.2) is 30.3 Å². The number of aryl methyl sites for hydroxylation is 3. The number of rotatable bonds is 2. The molecule has 2 rings (SSSR count). The summed E-state index contributed by atoms with van der Waals surface area (Å²) in [6.07, 6.45) is -4.58. The summed E-state index contributed by atoms with van der Waals surface area (Å²) >= 11 is 5.57. The van der Waals surface area contributed by atoms with Crippen LogP contribution in [-0.4, -0.2) is 5.91 Å². The Balaban J connectivity index is 2.33. The van der Waals surface area contributed by atoms with E-state index in [-0.39, 0.29) is 5.69 Å². The number of carbonyl (C=O) groups is 1. The van der Waals surface area contributed by atoms with Gasteiger partial charge >= 0.3 is 6.18 Å². The van der Waals surface area contributed by atoms with E-state index in [1.807, 2.05) is 19.9 Å². The maximum Gasteiger partial charge on any atom is 0.417 e. The largest absolute Gasteiger partial charge is 0.417 e. The quantitative estimate of drug-likeness (QED) is 0.763. The smallest absolute Gasteiger partial charge is 0.322 e. The Hall–Kier alpha value is -2.01. The molecule has 2 aromatic rings. The molecule has 0 spiro atoms. The average molecular weight is 342 g/mol. The summed E-state index contributed by atoms with van der Waals surface area (Å²) in [5.74, 6) is -0.457. The van der Waals surface area contributed by atoms with Gasteiger partial charge in [-0.2, -0.15) is 13.2 Å². The highest BCUT2D eigenvalue weighted by Crippen LogP contribution is 2.36. The van der Waals surface area contributed by atoms with Crippen LogP contribution in [0.2, 0.25) is 5.02 Å². The van der Waals surface area contributed by atoms with Crippen LogP contribution in [0.1, 0.15) is 32.6 Å². The van der Waals surface area contributed by atoms with Crippen molar-refractivity contribution in [1.29, 1.82) is 0 Å². The van der Waals surface area contributed by atoms with Gasteiger partial charge in [0.05, 0.1) is 10.6 Å². The third-order valence-corrected chi connectivity index (χ3v) is 3.94. The van der Waals surface area contributed by atoms with Gasteiger partial charge in [-0.1, -0.05) is 17.7 Å². The monoisotopic (exact) mass is 341 g/mol. The number of benzene rings is 2. The normalized spacial score (nSPS) is 11.4. The summed E-state index contributed by atoms with van der Waals surface area (Å²) in [5, 5.41) is 2.08. The minimum Gasteiger partial charge on any atom is -0.322 e. The molecule has 1 amide bonds. The SMILES string of the molecule is Cc1cc(C)c(C(=O)Nc2ccc(Cl)c(C(F)(F)F)c2)cc1C. The van der Waals surface area contributed by atoms with E-state index in [1.54, 1.807) is 13.0 Å². The number of amides is 1. The molecular formula is C17H15ClF3NO. The second kappa shape index (κ2) is 6.24. The van der Waals surface area contributed by atoms with Gasteiger partial charge in [0.1, 0.15) is 0 Å². The Morgan fingerprint density at radius 1 is 1.00 bits per heavy atom. The zero-order valence-electron chi connectivity index (χ0n) is 12.8. The molecule has 6 heteroatoms. The maximum absolute atomic E-state index is 12.9. The minimum absolute atomic E-state index is 0.0457. The first-order valence-corrected chi connectivity index (χ1v) is 7.23. The van der Waals surface area contributed by atoms with Crippen LogP contribution >= 0.6 is 11.6 Å². The number of nitrogens with one attached hydrogen (secondary N) is 1. The molecule has 0 heterocycles. The second-order valence-corrected chi connectivity index (χ2v) is 5.81. The van der Waals surface area contributed by atoms with E-state index in [1.165, 1.54) is 6.07 Å². The fraction of sp³-hybridized carbons (Fsp3) is 0.235. The Bertz CT molecular complexity index is 769. The molecule has 23 heavy (non-hydrogen) atoms. The number of halogens is 4. The van der Waals surface area contributed by atoms with Crippen LogP contribution in [0.25, 0.3) is 0 Å². The molecule has 0 saturated carbocycles. The molecule has 0 unspecified atom stereocenters. The van der Waals surface area contributed by atoms with E-state index in [2.05, 4.69) is 5.32 Å². The van der Waals surface area contributed by atoms with Crippen molar-refractivity contribution in [3.05, 3.63) is 63.2 Å². The number of hydrogen-bond donors (Lipinski definition) is 1. The van der Waals surface area contributed by atoms with Crippen LogP contribution < -0.4 is 5.32 Å². The van der Waals surface area contributed by atoms with Crippen LogP contribution in [0, 0.1) is 20.8 Å². The summed E-state index contributed by atoms with van der Waals surface area (Å²) in [4.78, 5) is 12.3. The predicted molar refractivity (Wildman–Crippen MR) is 85.1 cm³/mol. The Kier molecular flexibility index (Phi) is 4.71. The molecule has 0 aliphatic carbocycles. The van der Waals surface area contributed by atoms with Gasteiger partial charge in [0.15, 0.2) is 0 Å². The highest BCUT2D eigenvalue weighted by Gasteiger charge is 2.33. The lowest BCUT2D eigenvalue weighted by atomic mass is 10.0.